The molecule has 2 heterocycles. The van der Waals surface area contributed by atoms with Crippen LogP contribution in [-0.2, 0) is 24.6 Å². The Bertz CT molecular complexity index is 2290. The maximum Gasteiger partial charge on any atom is 0.254 e. The van der Waals surface area contributed by atoms with Gasteiger partial charge in [0.2, 0.25) is 11.8 Å². The fraction of sp³-hybridized carbons (Fsp3) is 0.186. The van der Waals surface area contributed by atoms with Crippen LogP contribution in [0.1, 0.15) is 62.3 Å². The van der Waals surface area contributed by atoms with E-state index in [-0.39, 0.29) is 41.4 Å². The Morgan fingerprint density at radius 1 is 0.510 bits per heavy atom. The third kappa shape index (κ3) is 3.46. The molecule has 5 aromatic carbocycles. The summed E-state index contributed by atoms with van der Waals surface area (Å²) in [7, 11) is 0. The lowest BCUT2D eigenvalue weighted by molar-refractivity contribution is -0.140. The lowest BCUT2D eigenvalue weighted by Crippen LogP contribution is -2.55. The Morgan fingerprint density at radius 2 is 0.941 bits per heavy atom. The van der Waals surface area contributed by atoms with E-state index in [1.165, 1.54) is 4.90 Å². The number of rotatable bonds is 3. The second-order valence-electron chi connectivity index (χ2n) is 14.5. The van der Waals surface area contributed by atoms with Crippen molar-refractivity contribution < 1.29 is 19.2 Å². The minimum atomic E-state index is -1.21. The van der Waals surface area contributed by atoms with E-state index in [2.05, 4.69) is 40.2 Å². The molecule has 0 aromatic heterocycles. The molecule has 4 atom stereocenters. The largest absolute Gasteiger partial charge is 0.274 e. The fourth-order valence-corrected chi connectivity index (χ4v) is 11.1. The number of hydrogen-bond acceptors (Lipinski definition) is 5. The van der Waals surface area contributed by atoms with Gasteiger partial charge in [0.05, 0.1) is 34.8 Å². The summed E-state index contributed by atoms with van der Waals surface area (Å²) in [6.45, 7) is 0. The van der Waals surface area contributed by atoms with Gasteiger partial charge in [-0.1, -0.05) is 113 Å². The van der Waals surface area contributed by atoms with E-state index in [0.29, 0.717) is 5.69 Å². The Hall–Kier alpha value is -5.47. The fourth-order valence-electron chi connectivity index (χ4n) is 10.8. The van der Waals surface area contributed by atoms with E-state index >= 15 is 0 Å². The monoisotopic (exact) mass is 729 g/mol. The van der Waals surface area contributed by atoms with Gasteiger partial charge in [0, 0.05) is 28.4 Å². The second kappa shape index (κ2) is 10.1. The van der Waals surface area contributed by atoms with Crippen LogP contribution in [-0.4, -0.2) is 34.9 Å². The normalized spacial score (nSPS) is 30.3. The first kappa shape index (κ1) is 29.3. The van der Waals surface area contributed by atoms with Crippen molar-refractivity contribution in [1.82, 2.24) is 5.01 Å². The summed E-state index contributed by atoms with van der Waals surface area (Å²) in [6.07, 6.45) is 1.66. The molecule has 6 aliphatic carbocycles. The van der Waals surface area contributed by atoms with Gasteiger partial charge >= 0.3 is 0 Å². The van der Waals surface area contributed by atoms with E-state index in [1.807, 2.05) is 84.9 Å². The number of carbonyl (C=O) groups excluding carboxylic acids is 4. The Morgan fingerprint density at radius 3 is 1.43 bits per heavy atom. The molecule has 2 saturated heterocycles. The molecule has 0 unspecified atom stereocenters. The van der Waals surface area contributed by atoms with Crippen LogP contribution in [0.2, 0.25) is 0 Å². The highest BCUT2D eigenvalue weighted by Gasteiger charge is 2.68. The molecule has 0 spiro atoms. The summed E-state index contributed by atoms with van der Waals surface area (Å²) >= 11 is 3.47. The van der Waals surface area contributed by atoms with Gasteiger partial charge < -0.3 is 0 Å². The number of hydrazone groups is 1. The minimum Gasteiger partial charge on any atom is -0.274 e. The molecule has 13 rings (SSSR count). The van der Waals surface area contributed by atoms with Crippen LogP contribution in [0, 0.1) is 23.7 Å². The van der Waals surface area contributed by atoms with Crippen LogP contribution in [0.4, 0.5) is 5.69 Å². The highest BCUT2D eigenvalue weighted by Crippen LogP contribution is 2.65. The average Bonchev–Trinajstić information content (AvgIpc) is 3.59. The smallest absolute Gasteiger partial charge is 0.254 e. The van der Waals surface area contributed by atoms with Crippen molar-refractivity contribution in [3.63, 3.8) is 0 Å². The number of hydrogen-bond donors (Lipinski definition) is 0. The molecule has 2 aliphatic heterocycles. The van der Waals surface area contributed by atoms with Gasteiger partial charge in [-0.2, -0.15) is 10.1 Å². The lowest BCUT2D eigenvalue weighted by atomic mass is 9.47. The molecule has 246 valence electrons. The maximum atomic E-state index is 14.8. The molecule has 5 aromatic rings. The molecular formula is C43H28BrN3O4. The Labute approximate surface area is 301 Å². The molecule has 4 bridgehead atoms. The average molecular weight is 731 g/mol. The first-order chi connectivity index (χ1) is 24.9. The number of nitrogens with zero attached hydrogens (tertiary/aromatic N) is 3. The SMILES string of the molecule is O=C1[C@@H]2C3c4ccccc4C(c4ccccc43)[C@@H]2C(=O)N1/N=C\C12c3ccccc3C(c3ccccc31)[C@H]1C(=O)N(c3ccc(Br)cc3)C(=O)[C@@H]12. The maximum absolute atomic E-state index is 14.8. The Kier molecular flexibility index (Phi) is 5.78. The van der Waals surface area contributed by atoms with Gasteiger partial charge in [0.1, 0.15) is 0 Å². The Balaban J connectivity index is 1.09. The van der Waals surface area contributed by atoms with Gasteiger partial charge in [-0.05, 0) is 68.8 Å². The number of imide groups is 2. The zero-order valence-corrected chi connectivity index (χ0v) is 28.6. The standard InChI is InChI=1S/C43H28BrN3O4/c44-22-17-19-23(20-18-22)46-39(48)37-34-28-13-5-7-15-30(28)43(38(37)42(46)51,31-16-8-6-14-29(31)34)21-45-47-40(49)35-32-24-9-1-2-10-25(24)33(36(35)41(47)50)27-12-4-3-11-26(27)32/h1-21,32-38H/b45-21-/t32?,33?,34?,35-,36+,37-,38-,43?/m1/s1. The molecule has 2 fully saturated rings. The first-order valence-corrected chi connectivity index (χ1v) is 18.1. The van der Waals surface area contributed by atoms with Crippen molar-refractivity contribution in [3.8, 4) is 0 Å². The van der Waals surface area contributed by atoms with E-state index in [9.17, 15) is 19.2 Å². The molecule has 0 saturated carbocycles. The number of amides is 4. The van der Waals surface area contributed by atoms with Crippen molar-refractivity contribution >= 4 is 51.5 Å². The molecule has 4 amide bonds. The first-order valence-electron chi connectivity index (χ1n) is 17.3. The highest BCUT2D eigenvalue weighted by molar-refractivity contribution is 9.10. The molecule has 8 heteroatoms. The quantitative estimate of drug-likeness (QED) is 0.150. The van der Waals surface area contributed by atoms with E-state index in [4.69, 9.17) is 5.10 Å². The zero-order chi connectivity index (χ0) is 34.3. The molecule has 0 radical (unpaired) electrons. The summed E-state index contributed by atoms with van der Waals surface area (Å²) < 4.78 is 0.839. The lowest BCUT2D eigenvalue weighted by Gasteiger charge is -2.52. The third-order valence-corrected chi connectivity index (χ3v) is 13.1. The van der Waals surface area contributed by atoms with Gasteiger partial charge in [-0.25, -0.2) is 4.90 Å². The molecule has 7 nitrogen and oxygen atoms in total. The molecule has 0 N–H and O–H groups in total. The highest BCUT2D eigenvalue weighted by atomic mass is 79.9. The summed E-state index contributed by atoms with van der Waals surface area (Å²) in [5, 5.41) is 5.95. The van der Waals surface area contributed by atoms with Crippen molar-refractivity contribution in [2.45, 2.75) is 23.2 Å². The van der Waals surface area contributed by atoms with E-state index in [0.717, 1.165) is 54.0 Å². The minimum absolute atomic E-state index is 0.258. The zero-order valence-electron chi connectivity index (χ0n) is 27.0. The third-order valence-electron chi connectivity index (χ3n) is 12.6. The summed E-state index contributed by atoms with van der Waals surface area (Å²) in [5.74, 6) is -4.77. The summed E-state index contributed by atoms with van der Waals surface area (Å²) in [6, 6.07) is 39.3. The van der Waals surface area contributed by atoms with Gasteiger partial charge in [-0.15, -0.1) is 0 Å². The number of carbonyl (C=O) groups is 4. The van der Waals surface area contributed by atoms with Crippen LogP contribution in [0.5, 0.6) is 0 Å². The molecule has 51 heavy (non-hydrogen) atoms. The predicted molar refractivity (Wildman–Crippen MR) is 193 cm³/mol. The van der Waals surface area contributed by atoms with Crippen LogP contribution in [0.3, 0.4) is 0 Å². The van der Waals surface area contributed by atoms with Crippen molar-refractivity contribution in [2.75, 3.05) is 4.90 Å². The van der Waals surface area contributed by atoms with Crippen molar-refractivity contribution in [1.29, 1.82) is 0 Å². The van der Waals surface area contributed by atoms with E-state index in [1.54, 1.807) is 18.3 Å². The van der Waals surface area contributed by atoms with Crippen LogP contribution in [0.15, 0.2) is 131 Å². The van der Waals surface area contributed by atoms with Gasteiger partial charge in [0.15, 0.2) is 0 Å². The van der Waals surface area contributed by atoms with Crippen LogP contribution >= 0.6 is 15.9 Å². The van der Waals surface area contributed by atoms with Gasteiger partial charge in [0.25, 0.3) is 11.8 Å². The molecular weight excluding hydrogens is 702 g/mol. The summed E-state index contributed by atoms with van der Waals surface area (Å²) in [5.41, 5.74) is 7.31. The predicted octanol–water partition coefficient (Wildman–Crippen LogP) is 6.88. The second-order valence-corrected chi connectivity index (χ2v) is 15.4. The number of benzene rings is 5. The van der Waals surface area contributed by atoms with Crippen molar-refractivity contribution in [3.05, 3.63) is 170 Å². The number of anilines is 1. The molecule has 8 aliphatic rings. The number of halogens is 1. The topological polar surface area (TPSA) is 87.1 Å². The summed E-state index contributed by atoms with van der Waals surface area (Å²) in [4.78, 5) is 59.9. The van der Waals surface area contributed by atoms with Gasteiger partial charge in [-0.3, -0.25) is 19.2 Å². The van der Waals surface area contributed by atoms with E-state index < -0.39 is 29.1 Å². The van der Waals surface area contributed by atoms with Crippen LogP contribution < -0.4 is 4.90 Å². The van der Waals surface area contributed by atoms with Crippen molar-refractivity contribution in [2.24, 2.45) is 28.8 Å². The van der Waals surface area contributed by atoms with Crippen LogP contribution in [0.25, 0.3) is 0 Å².